The number of amides is 2. The van der Waals surface area contributed by atoms with Crippen molar-refractivity contribution in [3.63, 3.8) is 0 Å². The first-order valence-corrected chi connectivity index (χ1v) is 6.44. The van der Waals surface area contributed by atoms with E-state index in [0.717, 1.165) is 19.5 Å². The molecule has 1 heterocycles. The fourth-order valence-corrected chi connectivity index (χ4v) is 2.05. The molecule has 1 rings (SSSR count). The van der Waals surface area contributed by atoms with E-state index < -0.39 is 18.0 Å². The number of carbonyl (C=O) groups is 2. The van der Waals surface area contributed by atoms with Crippen LogP contribution in [-0.2, 0) is 4.79 Å². The second-order valence-electron chi connectivity index (χ2n) is 5.00. The maximum atomic E-state index is 11.4. The highest BCUT2D eigenvalue weighted by atomic mass is 16.4. The first kappa shape index (κ1) is 14.8. The summed E-state index contributed by atoms with van der Waals surface area (Å²) in [6, 6.07) is -1.26. The van der Waals surface area contributed by atoms with Crippen LogP contribution in [0.3, 0.4) is 0 Å². The van der Waals surface area contributed by atoms with Gasteiger partial charge in [0.05, 0.1) is 0 Å². The van der Waals surface area contributed by atoms with Crippen molar-refractivity contribution >= 4 is 12.0 Å². The summed E-state index contributed by atoms with van der Waals surface area (Å²) >= 11 is 0. The minimum absolute atomic E-state index is 0.405. The van der Waals surface area contributed by atoms with Crippen molar-refractivity contribution in [2.75, 3.05) is 26.7 Å². The molecule has 0 aromatic heterocycles. The quantitative estimate of drug-likeness (QED) is 0.669. The molecule has 3 N–H and O–H groups in total. The Morgan fingerprint density at radius 1 is 1.39 bits per heavy atom. The van der Waals surface area contributed by atoms with Gasteiger partial charge in [-0.05, 0) is 52.2 Å². The Kier molecular flexibility index (Phi) is 5.91. The van der Waals surface area contributed by atoms with E-state index >= 15 is 0 Å². The van der Waals surface area contributed by atoms with Crippen LogP contribution < -0.4 is 10.6 Å². The molecule has 0 aromatic rings. The topological polar surface area (TPSA) is 81.7 Å². The molecule has 18 heavy (non-hydrogen) atoms. The lowest BCUT2D eigenvalue weighted by molar-refractivity contribution is -0.138. The highest BCUT2D eigenvalue weighted by Gasteiger charge is 2.17. The smallest absolute Gasteiger partial charge is 0.325 e. The monoisotopic (exact) mass is 257 g/mol. The zero-order chi connectivity index (χ0) is 13.5. The van der Waals surface area contributed by atoms with Crippen molar-refractivity contribution in [1.82, 2.24) is 15.5 Å². The standard InChI is InChI=1S/C12H23N3O3/c1-9(11(16)17)14-12(18)13-6-3-10-4-7-15(2)8-5-10/h9-10H,3-8H2,1-2H3,(H,16,17)(H2,13,14,18)/t9-/m0/s1. The molecule has 0 unspecified atom stereocenters. The van der Waals surface area contributed by atoms with E-state index in [4.69, 9.17) is 5.11 Å². The summed E-state index contributed by atoms with van der Waals surface area (Å²) in [7, 11) is 2.12. The van der Waals surface area contributed by atoms with Gasteiger partial charge in [0.2, 0.25) is 0 Å². The van der Waals surface area contributed by atoms with Crippen LogP contribution in [0.15, 0.2) is 0 Å². The Balaban J connectivity index is 2.10. The number of hydrogen-bond donors (Lipinski definition) is 3. The Hall–Kier alpha value is -1.30. The lowest BCUT2D eigenvalue weighted by Crippen LogP contribution is -2.45. The van der Waals surface area contributed by atoms with Crippen LogP contribution in [0.5, 0.6) is 0 Å². The molecule has 0 radical (unpaired) electrons. The average molecular weight is 257 g/mol. The number of carboxylic acid groups (broad SMARTS) is 1. The molecule has 1 aliphatic heterocycles. The summed E-state index contributed by atoms with van der Waals surface area (Å²) in [4.78, 5) is 24.2. The Labute approximate surface area is 108 Å². The molecule has 1 aliphatic rings. The largest absolute Gasteiger partial charge is 0.480 e. The first-order valence-electron chi connectivity index (χ1n) is 6.44. The Morgan fingerprint density at radius 3 is 2.56 bits per heavy atom. The van der Waals surface area contributed by atoms with E-state index in [0.29, 0.717) is 12.5 Å². The van der Waals surface area contributed by atoms with E-state index in [1.54, 1.807) is 0 Å². The molecule has 1 atom stereocenters. The van der Waals surface area contributed by atoms with Crippen LogP contribution >= 0.6 is 0 Å². The maximum Gasteiger partial charge on any atom is 0.325 e. The summed E-state index contributed by atoms with van der Waals surface area (Å²) in [5.41, 5.74) is 0. The fourth-order valence-electron chi connectivity index (χ4n) is 2.05. The highest BCUT2D eigenvalue weighted by molar-refractivity contribution is 5.82. The summed E-state index contributed by atoms with van der Waals surface area (Å²) in [5, 5.41) is 13.7. The number of likely N-dealkylation sites (tertiary alicyclic amines) is 1. The van der Waals surface area contributed by atoms with E-state index in [1.165, 1.54) is 19.8 Å². The second-order valence-corrected chi connectivity index (χ2v) is 5.00. The van der Waals surface area contributed by atoms with Crippen molar-refractivity contribution in [2.45, 2.75) is 32.2 Å². The number of nitrogens with zero attached hydrogens (tertiary/aromatic N) is 1. The number of urea groups is 1. The van der Waals surface area contributed by atoms with Crippen molar-refractivity contribution in [1.29, 1.82) is 0 Å². The minimum Gasteiger partial charge on any atom is -0.480 e. The van der Waals surface area contributed by atoms with Crippen LogP contribution in [-0.4, -0.2) is 54.7 Å². The predicted octanol–water partition coefficient (Wildman–Crippen LogP) is 0.491. The molecule has 6 heteroatoms. The summed E-state index contributed by atoms with van der Waals surface area (Å²) in [5.74, 6) is -0.362. The predicted molar refractivity (Wildman–Crippen MR) is 68.5 cm³/mol. The lowest BCUT2D eigenvalue weighted by atomic mass is 9.94. The number of piperidine rings is 1. The number of hydrogen-bond acceptors (Lipinski definition) is 3. The normalized spacial score (nSPS) is 19.2. The van der Waals surface area contributed by atoms with Crippen molar-refractivity contribution in [3.05, 3.63) is 0 Å². The summed E-state index contributed by atoms with van der Waals surface area (Å²) in [6.07, 6.45) is 3.30. The van der Waals surface area contributed by atoms with Gasteiger partial charge in [-0.3, -0.25) is 4.79 Å². The van der Waals surface area contributed by atoms with Gasteiger partial charge < -0.3 is 20.6 Å². The van der Waals surface area contributed by atoms with Crippen LogP contribution in [0.4, 0.5) is 4.79 Å². The van der Waals surface area contributed by atoms with E-state index in [2.05, 4.69) is 22.6 Å². The first-order chi connectivity index (χ1) is 8.49. The second kappa shape index (κ2) is 7.20. The molecule has 104 valence electrons. The van der Waals surface area contributed by atoms with E-state index in [1.807, 2.05) is 0 Å². The third kappa shape index (κ3) is 5.35. The van der Waals surface area contributed by atoms with Crippen molar-refractivity contribution in [2.24, 2.45) is 5.92 Å². The van der Waals surface area contributed by atoms with Gasteiger partial charge in [0, 0.05) is 6.54 Å². The third-order valence-corrected chi connectivity index (χ3v) is 3.39. The molecule has 0 bridgehead atoms. The number of carboxylic acids is 1. The van der Waals surface area contributed by atoms with Gasteiger partial charge in [0.15, 0.2) is 0 Å². The molecule has 0 spiro atoms. The van der Waals surface area contributed by atoms with E-state index in [-0.39, 0.29) is 0 Å². The van der Waals surface area contributed by atoms with Gasteiger partial charge in [-0.1, -0.05) is 0 Å². The van der Waals surface area contributed by atoms with Crippen molar-refractivity contribution < 1.29 is 14.7 Å². The van der Waals surface area contributed by atoms with Crippen LogP contribution in [0.25, 0.3) is 0 Å². The summed E-state index contributed by atoms with van der Waals surface area (Å²) in [6.45, 7) is 4.28. The Bertz CT molecular complexity index is 288. The highest BCUT2D eigenvalue weighted by Crippen LogP contribution is 2.18. The molecule has 0 saturated carbocycles. The number of aliphatic carboxylic acids is 1. The molecule has 6 nitrogen and oxygen atoms in total. The number of rotatable bonds is 5. The molecule has 0 aromatic carbocycles. The lowest BCUT2D eigenvalue weighted by Gasteiger charge is -2.28. The number of carbonyl (C=O) groups excluding carboxylic acids is 1. The van der Waals surface area contributed by atoms with E-state index in [9.17, 15) is 9.59 Å². The Morgan fingerprint density at radius 2 is 2.00 bits per heavy atom. The van der Waals surface area contributed by atoms with Gasteiger partial charge in [-0.15, -0.1) is 0 Å². The van der Waals surface area contributed by atoms with Crippen LogP contribution in [0.2, 0.25) is 0 Å². The summed E-state index contributed by atoms with van der Waals surface area (Å²) < 4.78 is 0. The zero-order valence-electron chi connectivity index (χ0n) is 11.1. The average Bonchev–Trinajstić information content (AvgIpc) is 2.31. The third-order valence-electron chi connectivity index (χ3n) is 3.39. The number of nitrogens with one attached hydrogen (secondary N) is 2. The fraction of sp³-hybridized carbons (Fsp3) is 0.833. The minimum atomic E-state index is -1.03. The van der Waals surface area contributed by atoms with Gasteiger partial charge in [0.25, 0.3) is 0 Å². The molecule has 0 aliphatic carbocycles. The maximum absolute atomic E-state index is 11.4. The van der Waals surface area contributed by atoms with Gasteiger partial charge >= 0.3 is 12.0 Å². The van der Waals surface area contributed by atoms with Gasteiger partial charge in [-0.25, -0.2) is 4.79 Å². The van der Waals surface area contributed by atoms with Gasteiger partial charge in [0.1, 0.15) is 6.04 Å². The zero-order valence-corrected chi connectivity index (χ0v) is 11.1. The van der Waals surface area contributed by atoms with Crippen LogP contribution in [0.1, 0.15) is 26.2 Å². The molecule has 2 amide bonds. The van der Waals surface area contributed by atoms with Gasteiger partial charge in [-0.2, -0.15) is 0 Å². The molecular formula is C12H23N3O3. The molecule has 1 saturated heterocycles. The SMILES string of the molecule is C[C@H](NC(=O)NCCC1CCN(C)CC1)C(=O)O. The van der Waals surface area contributed by atoms with Crippen LogP contribution in [0, 0.1) is 5.92 Å². The van der Waals surface area contributed by atoms with Crippen molar-refractivity contribution in [3.8, 4) is 0 Å². The molecular weight excluding hydrogens is 234 g/mol. The molecule has 1 fully saturated rings.